The van der Waals surface area contributed by atoms with Gasteiger partial charge in [0.05, 0.1) is 12.7 Å². The molecule has 8 nitrogen and oxygen atoms in total. The Kier molecular flexibility index (Phi) is 4.18. The van der Waals surface area contributed by atoms with Crippen molar-refractivity contribution in [1.29, 1.82) is 0 Å². The predicted octanol–water partition coefficient (Wildman–Crippen LogP) is 2.52. The highest BCUT2D eigenvalue weighted by molar-refractivity contribution is 7.91. The predicted molar refractivity (Wildman–Crippen MR) is 105 cm³/mol. The van der Waals surface area contributed by atoms with Crippen LogP contribution in [0.3, 0.4) is 0 Å². The Morgan fingerprint density at radius 2 is 2.21 bits per heavy atom. The number of carbonyl (C=O) groups is 1. The second kappa shape index (κ2) is 6.53. The molecule has 2 aromatic rings. The van der Waals surface area contributed by atoms with Gasteiger partial charge in [-0.25, -0.2) is 23.2 Å². The average Bonchev–Trinajstić information content (AvgIpc) is 3.36. The van der Waals surface area contributed by atoms with E-state index in [0.717, 1.165) is 41.5 Å². The third-order valence-electron chi connectivity index (χ3n) is 5.74. The molecule has 0 saturated carbocycles. The molecule has 3 N–H and O–H groups in total. The van der Waals surface area contributed by atoms with Gasteiger partial charge >= 0.3 is 6.03 Å². The minimum atomic E-state index is -3.54. The van der Waals surface area contributed by atoms with Crippen molar-refractivity contribution in [1.82, 2.24) is 9.78 Å². The van der Waals surface area contributed by atoms with E-state index in [1.54, 1.807) is 4.68 Å². The molecule has 5 rings (SSSR count). The number of rotatable bonds is 2. The number of nitrogens with one attached hydrogen (secondary N) is 1. The Morgan fingerprint density at radius 3 is 3.03 bits per heavy atom. The van der Waals surface area contributed by atoms with E-state index in [9.17, 15) is 13.4 Å². The molecule has 0 spiro atoms. The van der Waals surface area contributed by atoms with E-state index in [-0.39, 0.29) is 23.3 Å². The second-order valence-electron chi connectivity index (χ2n) is 7.90. The third-order valence-corrected chi connectivity index (χ3v) is 7.08. The molecule has 3 aliphatic rings. The van der Waals surface area contributed by atoms with Crippen molar-refractivity contribution in [3.05, 3.63) is 34.5 Å². The van der Waals surface area contributed by atoms with Crippen molar-refractivity contribution in [2.24, 2.45) is 9.50 Å². The number of ether oxygens (including phenoxy) is 1. The number of hydrogen-bond acceptors (Lipinski definition) is 4. The molecule has 2 heterocycles. The van der Waals surface area contributed by atoms with Crippen LogP contribution in [0.15, 0.2) is 21.5 Å². The number of fused-ring (bicyclic) bond motifs is 3. The molecule has 2 aliphatic carbocycles. The van der Waals surface area contributed by atoms with Gasteiger partial charge in [-0.3, -0.25) is 0 Å². The van der Waals surface area contributed by atoms with Gasteiger partial charge in [-0.1, -0.05) is 6.07 Å². The SMILES string of the molecule is C[C@H]1Cn2ncc(S(N)(=O)=NC(=O)Nc3c4c(cc5c3C[C@H](F)C5)CCC4)c2O1. The molecule has 1 aromatic heterocycles. The minimum absolute atomic E-state index is 0.101. The van der Waals surface area contributed by atoms with Crippen LogP contribution in [0.25, 0.3) is 0 Å². The fourth-order valence-electron chi connectivity index (χ4n) is 4.53. The summed E-state index contributed by atoms with van der Waals surface area (Å²) in [6.07, 6.45) is 3.58. The van der Waals surface area contributed by atoms with E-state index in [1.165, 1.54) is 6.20 Å². The number of benzene rings is 1. The van der Waals surface area contributed by atoms with Crippen LogP contribution in [0.4, 0.5) is 14.9 Å². The smallest absolute Gasteiger partial charge is 0.354 e. The third kappa shape index (κ3) is 3.10. The van der Waals surface area contributed by atoms with Crippen molar-refractivity contribution in [3.8, 4) is 5.88 Å². The number of alkyl halides is 1. The summed E-state index contributed by atoms with van der Waals surface area (Å²) in [5, 5.41) is 12.8. The fourth-order valence-corrected chi connectivity index (χ4v) is 5.52. The Labute approximate surface area is 167 Å². The normalized spacial score (nSPS) is 23.7. The standard InChI is InChI=1S/C19H22FN5O3S/c1-10-9-25-18(28-10)16(8-22-25)29(21,27)24-19(26)23-17-14-4-2-3-11(14)5-12-6-13(20)7-15(12)17/h5,8,10,13H,2-4,6-7,9H2,1H3,(H3,21,23,24,26,27)/t10-,13+,29?/m0/s1. The summed E-state index contributed by atoms with van der Waals surface area (Å²) in [5.41, 5.74) is 4.52. The summed E-state index contributed by atoms with van der Waals surface area (Å²) in [6, 6.07) is 1.25. The van der Waals surface area contributed by atoms with Gasteiger partial charge < -0.3 is 10.1 Å². The van der Waals surface area contributed by atoms with E-state index >= 15 is 0 Å². The van der Waals surface area contributed by atoms with Gasteiger partial charge in [0.25, 0.3) is 0 Å². The Hall–Kier alpha value is -2.46. The summed E-state index contributed by atoms with van der Waals surface area (Å²) >= 11 is 0. The molecule has 1 unspecified atom stereocenters. The van der Waals surface area contributed by atoms with Gasteiger partial charge in [0.1, 0.15) is 17.2 Å². The first-order valence-corrected chi connectivity index (χ1v) is 11.3. The zero-order valence-electron chi connectivity index (χ0n) is 16.0. The molecule has 0 fully saturated rings. The van der Waals surface area contributed by atoms with Gasteiger partial charge in [0.15, 0.2) is 9.92 Å². The van der Waals surface area contributed by atoms with Crippen LogP contribution in [-0.2, 0) is 42.1 Å². The maximum absolute atomic E-state index is 14.0. The van der Waals surface area contributed by atoms with Crippen LogP contribution >= 0.6 is 0 Å². The molecule has 29 heavy (non-hydrogen) atoms. The topological polar surface area (TPSA) is 112 Å². The molecular weight excluding hydrogens is 397 g/mol. The monoisotopic (exact) mass is 419 g/mol. The Bertz CT molecular complexity index is 1150. The maximum atomic E-state index is 14.0. The number of carbonyl (C=O) groups excluding carboxylic acids is 1. The fraction of sp³-hybridized carbons (Fsp3) is 0.474. The maximum Gasteiger partial charge on any atom is 0.354 e. The molecule has 10 heteroatoms. The summed E-state index contributed by atoms with van der Waals surface area (Å²) in [5.74, 6) is 0.281. The largest absolute Gasteiger partial charge is 0.472 e. The highest BCUT2D eigenvalue weighted by Gasteiger charge is 2.31. The quantitative estimate of drug-likeness (QED) is 0.779. The van der Waals surface area contributed by atoms with Crippen molar-refractivity contribution in [3.63, 3.8) is 0 Å². The first kappa shape index (κ1) is 18.6. The van der Waals surface area contributed by atoms with Crippen molar-refractivity contribution in [2.75, 3.05) is 5.32 Å². The lowest BCUT2D eigenvalue weighted by Gasteiger charge is -2.15. The number of halogens is 1. The van der Waals surface area contributed by atoms with E-state index in [1.807, 2.05) is 6.92 Å². The summed E-state index contributed by atoms with van der Waals surface area (Å²) < 4.78 is 37.9. The minimum Gasteiger partial charge on any atom is -0.472 e. The highest BCUT2D eigenvalue weighted by Crippen LogP contribution is 2.39. The van der Waals surface area contributed by atoms with Gasteiger partial charge in [-0.2, -0.15) is 5.10 Å². The van der Waals surface area contributed by atoms with Crippen molar-refractivity contribution < 1.29 is 18.1 Å². The van der Waals surface area contributed by atoms with Crippen LogP contribution in [0.2, 0.25) is 0 Å². The van der Waals surface area contributed by atoms with E-state index < -0.39 is 22.1 Å². The van der Waals surface area contributed by atoms with Gasteiger partial charge in [-0.05, 0) is 48.4 Å². The van der Waals surface area contributed by atoms with E-state index in [2.05, 4.69) is 20.8 Å². The van der Waals surface area contributed by atoms with E-state index in [4.69, 9.17) is 9.88 Å². The van der Waals surface area contributed by atoms with Crippen LogP contribution < -0.4 is 15.2 Å². The first-order valence-electron chi connectivity index (χ1n) is 9.71. The lowest BCUT2D eigenvalue weighted by Crippen LogP contribution is -2.19. The zero-order valence-corrected chi connectivity index (χ0v) is 16.8. The molecule has 1 aliphatic heterocycles. The summed E-state index contributed by atoms with van der Waals surface area (Å²) in [6.45, 7) is 2.37. The molecule has 0 bridgehead atoms. The molecule has 3 atom stereocenters. The van der Waals surface area contributed by atoms with Gasteiger partial charge in [0, 0.05) is 18.5 Å². The van der Waals surface area contributed by atoms with Crippen LogP contribution in [-0.4, -0.2) is 32.3 Å². The van der Waals surface area contributed by atoms with Crippen molar-refractivity contribution >= 4 is 21.6 Å². The number of urea groups is 1. The molecule has 1 aromatic carbocycles. The number of anilines is 1. The molecule has 154 valence electrons. The molecule has 0 saturated heterocycles. The lowest BCUT2D eigenvalue weighted by molar-refractivity contribution is 0.248. The zero-order chi connectivity index (χ0) is 20.3. The second-order valence-corrected chi connectivity index (χ2v) is 9.66. The van der Waals surface area contributed by atoms with Crippen LogP contribution in [0, 0.1) is 0 Å². The Morgan fingerprint density at radius 1 is 1.38 bits per heavy atom. The summed E-state index contributed by atoms with van der Waals surface area (Å²) in [4.78, 5) is 12.8. The van der Waals surface area contributed by atoms with Gasteiger partial charge in [-0.15, -0.1) is 4.36 Å². The van der Waals surface area contributed by atoms with Gasteiger partial charge in [0.2, 0.25) is 5.88 Å². The lowest BCUT2D eigenvalue weighted by atomic mass is 9.99. The number of nitrogens with two attached hydrogens (primary N) is 1. The number of nitrogens with zero attached hydrogens (tertiary/aromatic N) is 3. The van der Waals surface area contributed by atoms with E-state index in [0.29, 0.717) is 18.7 Å². The Balaban J connectivity index is 1.49. The summed E-state index contributed by atoms with van der Waals surface area (Å²) in [7, 11) is -3.54. The molecule has 2 amide bonds. The van der Waals surface area contributed by atoms with Crippen molar-refractivity contribution in [2.45, 2.75) is 62.7 Å². The number of aromatic nitrogens is 2. The van der Waals surface area contributed by atoms with Crippen LogP contribution in [0.1, 0.15) is 35.6 Å². The first-order chi connectivity index (χ1) is 13.8. The van der Waals surface area contributed by atoms with Crippen LogP contribution in [0.5, 0.6) is 5.88 Å². The number of amides is 2. The molecular formula is C19H22FN5O3S. The number of hydrogen-bond donors (Lipinski definition) is 2. The average molecular weight is 419 g/mol. The highest BCUT2D eigenvalue weighted by atomic mass is 32.2. The number of aryl methyl sites for hydroxylation is 1. The molecule has 0 radical (unpaired) electrons.